The van der Waals surface area contributed by atoms with Crippen molar-refractivity contribution in [2.45, 2.75) is 108 Å². The Labute approximate surface area is 180 Å². The fourth-order valence-electron chi connectivity index (χ4n) is 4.41. The normalized spacial score (nSPS) is 17.9. The van der Waals surface area contributed by atoms with Crippen LogP contribution < -0.4 is 0 Å². The predicted molar refractivity (Wildman–Crippen MR) is 132 cm³/mol. The molecule has 1 aromatic rings. The van der Waals surface area contributed by atoms with Crippen LogP contribution in [0.2, 0.25) is 0 Å². The molecular weight excluding hydrogens is 380 g/mol. The number of phenolic OH excluding ortho intramolecular Hbond substituents is 1. The summed E-state index contributed by atoms with van der Waals surface area (Å²) in [5, 5.41) is 12.1. The number of hydrogen-bond acceptors (Lipinski definition) is 2. The van der Waals surface area contributed by atoms with Crippen LogP contribution in [-0.4, -0.2) is 27.6 Å². The van der Waals surface area contributed by atoms with Gasteiger partial charge in [0.05, 0.1) is 0 Å². The Morgan fingerprint density at radius 1 is 0.929 bits per heavy atom. The zero-order valence-electron chi connectivity index (χ0n) is 19.3. The van der Waals surface area contributed by atoms with E-state index in [9.17, 15) is 5.11 Å². The van der Waals surface area contributed by atoms with Crippen LogP contribution in [0, 0.1) is 0 Å². The highest BCUT2D eigenvalue weighted by Crippen LogP contribution is 2.59. The Morgan fingerprint density at radius 3 is 1.96 bits per heavy atom. The van der Waals surface area contributed by atoms with Gasteiger partial charge in [-0.3, -0.25) is 0 Å². The smallest absolute Gasteiger partial charge is 0.131 e. The molecule has 0 unspecified atom stereocenters. The first-order valence-corrected chi connectivity index (χ1v) is 14.7. The first kappa shape index (κ1) is 24.0. The first-order valence-electron chi connectivity index (χ1n) is 11.5. The molecule has 1 nitrogen and oxygen atoms in total. The minimum absolute atomic E-state index is 0.114. The van der Waals surface area contributed by atoms with Gasteiger partial charge in [-0.25, -0.2) is 10.0 Å². The lowest BCUT2D eigenvalue weighted by Gasteiger charge is -2.39. The van der Waals surface area contributed by atoms with Gasteiger partial charge in [0.2, 0.25) is 0 Å². The number of benzene rings is 1. The molecule has 0 radical (unpaired) electrons. The molecule has 0 amide bonds. The molecule has 0 bridgehead atoms. The highest BCUT2D eigenvalue weighted by Gasteiger charge is 2.28. The second-order valence-electron chi connectivity index (χ2n) is 9.42. The summed E-state index contributed by atoms with van der Waals surface area (Å²) in [7, 11) is -0.938. The molecule has 3 heteroatoms. The first-order chi connectivity index (χ1) is 13.3. The Kier molecular flexibility index (Phi) is 9.13. The summed E-state index contributed by atoms with van der Waals surface area (Å²) in [4.78, 5) is 1.28. The maximum atomic E-state index is 11.3. The van der Waals surface area contributed by atoms with Crippen molar-refractivity contribution in [2.75, 3.05) is 17.3 Å². The predicted octanol–water partition coefficient (Wildman–Crippen LogP) is 8.26. The summed E-state index contributed by atoms with van der Waals surface area (Å²) in [5.41, 5.74) is 2.69. The number of thioether (sulfide) groups is 1. The molecule has 2 rings (SSSR count). The SMILES string of the molecule is CCS(CC)(CC)c1cc(C(C)(C)C)cc(CSC2CCCCCCC2)c1O. The molecule has 0 saturated heterocycles. The van der Waals surface area contributed by atoms with Crippen LogP contribution in [0.15, 0.2) is 17.0 Å². The largest absolute Gasteiger partial charge is 0.507 e. The topological polar surface area (TPSA) is 20.2 Å². The third kappa shape index (κ3) is 5.88. The lowest BCUT2D eigenvalue weighted by atomic mass is 9.86. The standard InChI is InChI=1S/C25H44OS2/c1-7-28(8-2,9-3)23-18-21(25(4,5)6)17-20(24(23)26)19-27-22-15-13-11-10-12-14-16-22/h17-18,22,26H,7-16,19H2,1-6H3. The molecule has 0 atom stereocenters. The van der Waals surface area contributed by atoms with Crippen molar-refractivity contribution in [1.29, 1.82) is 0 Å². The zero-order chi connectivity index (χ0) is 20.8. The van der Waals surface area contributed by atoms with Gasteiger partial charge in [-0.2, -0.15) is 11.8 Å². The van der Waals surface area contributed by atoms with Crippen molar-refractivity contribution in [1.82, 2.24) is 0 Å². The maximum Gasteiger partial charge on any atom is 0.131 e. The van der Waals surface area contributed by atoms with E-state index >= 15 is 0 Å². The monoisotopic (exact) mass is 424 g/mol. The van der Waals surface area contributed by atoms with Gasteiger partial charge in [0.25, 0.3) is 0 Å². The van der Waals surface area contributed by atoms with Crippen LogP contribution in [0.25, 0.3) is 0 Å². The van der Waals surface area contributed by atoms with Crippen molar-refractivity contribution in [2.24, 2.45) is 0 Å². The molecule has 0 heterocycles. The number of rotatable bonds is 7. The molecule has 1 saturated carbocycles. The van der Waals surface area contributed by atoms with Crippen molar-refractivity contribution in [3.05, 3.63) is 23.3 Å². The van der Waals surface area contributed by atoms with Crippen molar-refractivity contribution in [3.8, 4) is 5.75 Å². The maximum absolute atomic E-state index is 11.3. The second kappa shape index (κ2) is 10.7. The van der Waals surface area contributed by atoms with Crippen molar-refractivity contribution < 1.29 is 5.11 Å². The highest BCUT2D eigenvalue weighted by atomic mass is 32.3. The molecular formula is C25H44OS2. The lowest BCUT2D eigenvalue weighted by Crippen LogP contribution is -2.16. The van der Waals surface area contributed by atoms with Crippen LogP contribution in [-0.2, 0) is 11.2 Å². The molecule has 1 aliphatic carbocycles. The minimum Gasteiger partial charge on any atom is -0.507 e. The number of aromatic hydroxyl groups is 1. The third-order valence-corrected chi connectivity index (χ3v) is 12.7. The molecule has 0 aliphatic heterocycles. The quantitative estimate of drug-likeness (QED) is 0.475. The van der Waals surface area contributed by atoms with Crippen LogP contribution in [0.4, 0.5) is 0 Å². The van der Waals surface area contributed by atoms with Crippen LogP contribution in [0.1, 0.15) is 97.6 Å². The van der Waals surface area contributed by atoms with Gasteiger partial charge in [0.15, 0.2) is 0 Å². The third-order valence-electron chi connectivity index (χ3n) is 6.67. The Morgan fingerprint density at radius 2 is 1.46 bits per heavy atom. The van der Waals surface area contributed by atoms with E-state index in [0.29, 0.717) is 5.75 Å². The van der Waals surface area contributed by atoms with Gasteiger partial charge in [-0.1, -0.05) is 79.7 Å². The van der Waals surface area contributed by atoms with Gasteiger partial charge in [-0.05, 0) is 47.1 Å². The molecule has 0 aromatic heterocycles. The van der Waals surface area contributed by atoms with E-state index < -0.39 is 10.0 Å². The second-order valence-corrected chi connectivity index (χ2v) is 15.0. The lowest BCUT2D eigenvalue weighted by molar-refractivity contribution is 0.454. The van der Waals surface area contributed by atoms with E-state index in [1.807, 2.05) is 0 Å². The molecule has 1 N–H and O–H groups in total. The fraction of sp³-hybridized carbons (Fsp3) is 0.760. The Balaban J connectivity index is 2.35. The van der Waals surface area contributed by atoms with Gasteiger partial charge in [-0.15, -0.1) is 0 Å². The summed E-state index contributed by atoms with van der Waals surface area (Å²) >= 11 is 2.10. The van der Waals surface area contributed by atoms with E-state index in [2.05, 4.69) is 65.4 Å². The van der Waals surface area contributed by atoms with Gasteiger partial charge in [0.1, 0.15) is 5.75 Å². The van der Waals surface area contributed by atoms with Gasteiger partial charge >= 0.3 is 0 Å². The van der Waals surface area contributed by atoms with Crippen LogP contribution in [0.5, 0.6) is 5.75 Å². The molecule has 162 valence electrons. The molecule has 1 aromatic carbocycles. The Hall–Kier alpha value is -0.280. The van der Waals surface area contributed by atoms with Crippen LogP contribution >= 0.6 is 21.8 Å². The summed E-state index contributed by atoms with van der Waals surface area (Å²) in [6, 6.07) is 4.66. The summed E-state index contributed by atoms with van der Waals surface area (Å²) in [6.45, 7) is 13.8. The van der Waals surface area contributed by atoms with E-state index in [4.69, 9.17) is 0 Å². The van der Waals surface area contributed by atoms with E-state index in [1.54, 1.807) is 0 Å². The molecule has 0 spiro atoms. The van der Waals surface area contributed by atoms with E-state index in [1.165, 1.54) is 61.0 Å². The Bertz CT molecular complexity index is 597. The fourth-order valence-corrected chi connectivity index (χ4v) is 8.79. The average Bonchev–Trinajstić information content (AvgIpc) is 2.63. The number of phenols is 1. The van der Waals surface area contributed by atoms with Gasteiger partial charge < -0.3 is 5.11 Å². The highest BCUT2D eigenvalue weighted by molar-refractivity contribution is 8.33. The molecule has 1 fully saturated rings. The summed E-state index contributed by atoms with van der Waals surface area (Å²) < 4.78 is 0. The van der Waals surface area contributed by atoms with E-state index in [-0.39, 0.29) is 5.41 Å². The molecule has 1 aliphatic rings. The molecule has 28 heavy (non-hydrogen) atoms. The summed E-state index contributed by atoms with van der Waals surface area (Å²) in [5.74, 6) is 5.07. The minimum atomic E-state index is -0.938. The van der Waals surface area contributed by atoms with Crippen molar-refractivity contribution in [3.63, 3.8) is 0 Å². The summed E-state index contributed by atoms with van der Waals surface area (Å²) in [6.07, 6.45) is 9.70. The van der Waals surface area contributed by atoms with Crippen LogP contribution in [0.3, 0.4) is 0 Å². The average molecular weight is 425 g/mol. The van der Waals surface area contributed by atoms with Gasteiger partial charge in [0, 0.05) is 21.5 Å². The number of hydrogen-bond donors (Lipinski definition) is 1. The van der Waals surface area contributed by atoms with E-state index in [0.717, 1.165) is 28.3 Å². The van der Waals surface area contributed by atoms with Crippen molar-refractivity contribution >= 4 is 21.8 Å². The zero-order valence-corrected chi connectivity index (χ0v) is 20.9.